The predicted octanol–water partition coefficient (Wildman–Crippen LogP) is 5.30. The Balaban J connectivity index is 2.09. The zero-order valence-electron chi connectivity index (χ0n) is 12.7. The zero-order valence-corrected chi connectivity index (χ0v) is 13.5. The molecule has 0 saturated heterocycles. The van der Waals surface area contributed by atoms with Crippen LogP contribution >= 0.6 is 11.3 Å². The molecule has 0 bridgehead atoms. The second-order valence-electron chi connectivity index (χ2n) is 6.57. The van der Waals surface area contributed by atoms with Crippen molar-refractivity contribution in [1.29, 1.82) is 0 Å². The average Bonchev–Trinajstić information content (AvgIpc) is 2.66. The number of rotatable bonds is 4. The minimum atomic E-state index is 0.405. The van der Waals surface area contributed by atoms with Crippen LogP contribution in [0.25, 0.3) is 10.1 Å². The summed E-state index contributed by atoms with van der Waals surface area (Å²) in [5.74, 6) is 0. The highest BCUT2D eigenvalue weighted by molar-refractivity contribution is 7.19. The van der Waals surface area contributed by atoms with Crippen LogP contribution in [0.2, 0.25) is 0 Å². The largest absolute Gasteiger partial charge is 0.309 e. The SMILES string of the molecule is Cc1c(C(C)NCCC(C)(C)C)sc2ccccc12. The zero-order chi connectivity index (χ0) is 14.0. The van der Waals surface area contributed by atoms with Gasteiger partial charge in [0.2, 0.25) is 0 Å². The van der Waals surface area contributed by atoms with Crippen LogP contribution in [0.4, 0.5) is 0 Å². The fraction of sp³-hybridized carbons (Fsp3) is 0.529. The van der Waals surface area contributed by atoms with Crippen molar-refractivity contribution in [2.75, 3.05) is 6.54 Å². The summed E-state index contributed by atoms with van der Waals surface area (Å²) in [6.45, 7) is 12.5. The highest BCUT2D eigenvalue weighted by Gasteiger charge is 2.15. The molecule has 0 radical (unpaired) electrons. The molecule has 19 heavy (non-hydrogen) atoms. The molecule has 0 spiro atoms. The van der Waals surface area contributed by atoms with Gasteiger partial charge in [-0.1, -0.05) is 39.0 Å². The molecule has 1 N–H and O–H groups in total. The lowest BCUT2D eigenvalue weighted by atomic mass is 9.92. The Kier molecular flexibility index (Phi) is 4.32. The first-order chi connectivity index (χ1) is 8.88. The van der Waals surface area contributed by atoms with Gasteiger partial charge in [-0.3, -0.25) is 0 Å². The first-order valence-corrected chi connectivity index (χ1v) is 7.91. The molecule has 1 unspecified atom stereocenters. The van der Waals surface area contributed by atoms with Crippen molar-refractivity contribution in [3.63, 3.8) is 0 Å². The van der Waals surface area contributed by atoms with Gasteiger partial charge in [0.25, 0.3) is 0 Å². The van der Waals surface area contributed by atoms with Crippen LogP contribution in [0.5, 0.6) is 0 Å². The minimum Gasteiger partial charge on any atom is -0.309 e. The van der Waals surface area contributed by atoms with Gasteiger partial charge in [-0.15, -0.1) is 11.3 Å². The first-order valence-electron chi connectivity index (χ1n) is 7.10. The van der Waals surface area contributed by atoms with Crippen molar-refractivity contribution < 1.29 is 0 Å². The summed E-state index contributed by atoms with van der Waals surface area (Å²) in [5, 5.41) is 5.08. The number of hydrogen-bond donors (Lipinski definition) is 1. The van der Waals surface area contributed by atoms with Crippen LogP contribution in [0.15, 0.2) is 24.3 Å². The molecular weight excluding hydrogens is 250 g/mol. The normalized spacial score (nSPS) is 13.9. The maximum Gasteiger partial charge on any atom is 0.0389 e. The molecule has 0 fully saturated rings. The van der Waals surface area contributed by atoms with Crippen LogP contribution in [0, 0.1) is 12.3 Å². The van der Waals surface area contributed by atoms with Gasteiger partial charge in [0.15, 0.2) is 0 Å². The Morgan fingerprint density at radius 3 is 2.53 bits per heavy atom. The average molecular weight is 275 g/mol. The summed E-state index contributed by atoms with van der Waals surface area (Å²) >= 11 is 1.93. The molecule has 1 aromatic carbocycles. The van der Waals surface area contributed by atoms with Crippen LogP contribution in [-0.2, 0) is 0 Å². The topological polar surface area (TPSA) is 12.0 Å². The maximum absolute atomic E-state index is 3.67. The first kappa shape index (κ1) is 14.5. The summed E-state index contributed by atoms with van der Waals surface area (Å²) in [6, 6.07) is 9.15. The number of thiophene rings is 1. The van der Waals surface area contributed by atoms with Gasteiger partial charge < -0.3 is 5.32 Å². The molecule has 1 heterocycles. The van der Waals surface area contributed by atoms with Gasteiger partial charge >= 0.3 is 0 Å². The lowest BCUT2D eigenvalue weighted by Crippen LogP contribution is -2.23. The standard InChI is InChI=1S/C17H25NS/c1-12-14-8-6-7-9-15(14)19-16(12)13(2)18-11-10-17(3,4)5/h6-9,13,18H,10-11H2,1-5H3. The molecule has 2 rings (SSSR count). The summed E-state index contributed by atoms with van der Waals surface area (Å²) in [7, 11) is 0. The van der Waals surface area contributed by atoms with E-state index in [2.05, 4.69) is 64.2 Å². The van der Waals surface area contributed by atoms with E-state index in [0.717, 1.165) is 6.54 Å². The van der Waals surface area contributed by atoms with Gasteiger partial charge in [0, 0.05) is 15.6 Å². The van der Waals surface area contributed by atoms with Crippen molar-refractivity contribution in [1.82, 2.24) is 5.32 Å². The highest BCUT2D eigenvalue weighted by atomic mass is 32.1. The van der Waals surface area contributed by atoms with Crippen LogP contribution in [0.3, 0.4) is 0 Å². The fourth-order valence-corrected chi connectivity index (χ4v) is 3.60. The van der Waals surface area contributed by atoms with E-state index in [9.17, 15) is 0 Å². The fourth-order valence-electron chi connectivity index (χ4n) is 2.36. The number of benzene rings is 1. The molecule has 2 heteroatoms. The lowest BCUT2D eigenvalue weighted by molar-refractivity contribution is 0.358. The van der Waals surface area contributed by atoms with Crippen LogP contribution in [0.1, 0.15) is 50.6 Å². The predicted molar refractivity (Wildman–Crippen MR) is 87.1 cm³/mol. The van der Waals surface area contributed by atoms with Gasteiger partial charge in [-0.05, 0) is 49.2 Å². The minimum absolute atomic E-state index is 0.405. The van der Waals surface area contributed by atoms with E-state index in [-0.39, 0.29) is 0 Å². The van der Waals surface area contributed by atoms with E-state index >= 15 is 0 Å². The Morgan fingerprint density at radius 2 is 1.89 bits per heavy atom. The molecule has 2 aromatic rings. The maximum atomic E-state index is 3.67. The molecular formula is C17H25NS. The van der Waals surface area contributed by atoms with Crippen molar-refractivity contribution in [2.45, 2.75) is 47.1 Å². The molecule has 1 aromatic heterocycles. The van der Waals surface area contributed by atoms with Crippen molar-refractivity contribution in [3.05, 3.63) is 34.7 Å². The summed E-state index contributed by atoms with van der Waals surface area (Å²) in [5.41, 5.74) is 1.85. The third-order valence-electron chi connectivity index (χ3n) is 3.60. The number of nitrogens with one attached hydrogen (secondary N) is 1. The van der Waals surface area contributed by atoms with E-state index < -0.39 is 0 Å². The second-order valence-corrected chi connectivity index (χ2v) is 7.66. The molecule has 1 nitrogen and oxygen atoms in total. The molecule has 0 aliphatic heterocycles. The molecule has 0 aliphatic carbocycles. The number of fused-ring (bicyclic) bond motifs is 1. The summed E-state index contributed by atoms with van der Waals surface area (Å²) in [6.07, 6.45) is 1.21. The number of aryl methyl sites for hydroxylation is 1. The quantitative estimate of drug-likeness (QED) is 0.798. The van der Waals surface area contributed by atoms with E-state index in [4.69, 9.17) is 0 Å². The molecule has 104 valence electrons. The second kappa shape index (κ2) is 5.64. The van der Waals surface area contributed by atoms with Crippen LogP contribution < -0.4 is 5.32 Å². The molecule has 0 aliphatic rings. The van der Waals surface area contributed by atoms with E-state index in [1.54, 1.807) is 0 Å². The molecule has 1 atom stereocenters. The number of hydrogen-bond acceptors (Lipinski definition) is 2. The van der Waals surface area contributed by atoms with Gasteiger partial charge in [0.05, 0.1) is 0 Å². The van der Waals surface area contributed by atoms with Gasteiger partial charge in [0.1, 0.15) is 0 Å². The van der Waals surface area contributed by atoms with Crippen molar-refractivity contribution in [2.24, 2.45) is 5.41 Å². The van der Waals surface area contributed by atoms with Gasteiger partial charge in [-0.25, -0.2) is 0 Å². The monoisotopic (exact) mass is 275 g/mol. The van der Waals surface area contributed by atoms with Crippen LogP contribution in [-0.4, -0.2) is 6.54 Å². The Bertz CT molecular complexity index is 548. The summed E-state index contributed by atoms with van der Waals surface area (Å²) in [4.78, 5) is 1.48. The van der Waals surface area contributed by atoms with Crippen molar-refractivity contribution in [3.8, 4) is 0 Å². The third-order valence-corrected chi connectivity index (χ3v) is 5.05. The van der Waals surface area contributed by atoms with E-state index in [1.165, 1.54) is 26.9 Å². The van der Waals surface area contributed by atoms with Gasteiger partial charge in [-0.2, -0.15) is 0 Å². The third kappa shape index (κ3) is 3.58. The summed E-state index contributed by atoms with van der Waals surface area (Å²) < 4.78 is 1.40. The highest BCUT2D eigenvalue weighted by Crippen LogP contribution is 2.34. The van der Waals surface area contributed by atoms with Crippen molar-refractivity contribution >= 4 is 21.4 Å². The molecule has 0 amide bonds. The Labute approximate surface area is 121 Å². The Morgan fingerprint density at radius 1 is 1.21 bits per heavy atom. The lowest BCUT2D eigenvalue weighted by Gasteiger charge is -2.20. The Hall–Kier alpha value is -0.860. The van der Waals surface area contributed by atoms with E-state index in [1.807, 2.05) is 11.3 Å². The smallest absolute Gasteiger partial charge is 0.0389 e. The van der Waals surface area contributed by atoms with E-state index in [0.29, 0.717) is 11.5 Å². The molecule has 0 saturated carbocycles.